The third-order valence-electron chi connectivity index (χ3n) is 4.78. The molecule has 1 unspecified atom stereocenters. The summed E-state index contributed by atoms with van der Waals surface area (Å²) in [6.07, 6.45) is 3.90. The number of nitrogens with two attached hydrogens (primary N) is 1. The van der Waals surface area contributed by atoms with Crippen molar-refractivity contribution in [3.8, 4) is 11.5 Å². The van der Waals surface area contributed by atoms with Gasteiger partial charge in [0.1, 0.15) is 0 Å². The molecule has 0 aromatic heterocycles. The maximum atomic E-state index is 10.9. The summed E-state index contributed by atoms with van der Waals surface area (Å²) in [5, 5.41) is 10.8. The van der Waals surface area contributed by atoms with E-state index in [9.17, 15) is 9.90 Å². The molecular formula is C17H23ClN2O4. The van der Waals surface area contributed by atoms with Crippen LogP contribution in [0.5, 0.6) is 11.5 Å². The van der Waals surface area contributed by atoms with Crippen molar-refractivity contribution in [2.45, 2.75) is 43.9 Å². The van der Waals surface area contributed by atoms with Crippen LogP contribution >= 0.6 is 11.6 Å². The van der Waals surface area contributed by atoms with E-state index < -0.39 is 11.5 Å². The van der Waals surface area contributed by atoms with Crippen molar-refractivity contribution in [3.63, 3.8) is 0 Å². The number of ether oxygens (including phenoxy) is 2. The van der Waals surface area contributed by atoms with Gasteiger partial charge in [0.25, 0.3) is 5.91 Å². The molecule has 1 amide bonds. The van der Waals surface area contributed by atoms with E-state index in [0.717, 1.165) is 37.8 Å². The molecule has 1 aliphatic heterocycles. The molecule has 1 saturated carbocycles. The third-order valence-corrected chi connectivity index (χ3v) is 5.06. The smallest absolute Gasteiger partial charge is 0.255 e. The molecule has 132 valence electrons. The molecule has 2 aliphatic rings. The number of hydrogen-bond acceptors (Lipinski definition) is 5. The maximum absolute atomic E-state index is 10.9. The quantitative estimate of drug-likeness (QED) is 0.778. The van der Waals surface area contributed by atoms with Crippen molar-refractivity contribution in [1.82, 2.24) is 4.90 Å². The average Bonchev–Trinajstić information content (AvgIpc) is 3.09. The molecule has 1 aliphatic carbocycles. The van der Waals surface area contributed by atoms with Crippen LogP contribution in [0.2, 0.25) is 5.02 Å². The average molecular weight is 355 g/mol. The van der Waals surface area contributed by atoms with Gasteiger partial charge in [-0.05, 0) is 49.9 Å². The molecular weight excluding hydrogens is 332 g/mol. The summed E-state index contributed by atoms with van der Waals surface area (Å²) in [6, 6.07) is 3.88. The Bertz CT molecular complexity index is 633. The fourth-order valence-corrected chi connectivity index (χ4v) is 3.76. The van der Waals surface area contributed by atoms with E-state index in [1.54, 1.807) is 0 Å². The number of benzene rings is 1. The summed E-state index contributed by atoms with van der Waals surface area (Å²) >= 11 is 6.30. The SMILES string of the molecule is COc1cc(CN2CCCC2C2(O)CC2)cc(Cl)c1OCC(N)=O. The minimum Gasteiger partial charge on any atom is -0.493 e. The Balaban J connectivity index is 1.76. The second-order valence-corrected chi connectivity index (χ2v) is 7.00. The van der Waals surface area contributed by atoms with Gasteiger partial charge in [-0.15, -0.1) is 0 Å². The summed E-state index contributed by atoms with van der Waals surface area (Å²) in [6.45, 7) is 1.41. The van der Waals surface area contributed by atoms with Gasteiger partial charge in [0.05, 0.1) is 17.7 Å². The van der Waals surface area contributed by atoms with Gasteiger partial charge in [0.15, 0.2) is 18.1 Å². The topological polar surface area (TPSA) is 85.0 Å². The van der Waals surface area contributed by atoms with Gasteiger partial charge in [0.2, 0.25) is 0 Å². The number of rotatable bonds is 7. The van der Waals surface area contributed by atoms with E-state index >= 15 is 0 Å². The largest absolute Gasteiger partial charge is 0.493 e. The summed E-state index contributed by atoms with van der Waals surface area (Å²) in [5.74, 6) is 0.218. The summed E-state index contributed by atoms with van der Waals surface area (Å²) in [5.41, 5.74) is 5.58. The van der Waals surface area contributed by atoms with Crippen LogP contribution in [-0.2, 0) is 11.3 Å². The Labute approximate surface area is 146 Å². The highest BCUT2D eigenvalue weighted by molar-refractivity contribution is 6.32. The Morgan fingerprint density at radius 1 is 1.50 bits per heavy atom. The number of carbonyl (C=O) groups excluding carboxylic acids is 1. The summed E-state index contributed by atoms with van der Waals surface area (Å²) in [4.78, 5) is 13.2. The number of primary amides is 1. The van der Waals surface area contributed by atoms with Crippen LogP contribution in [0.4, 0.5) is 0 Å². The van der Waals surface area contributed by atoms with Crippen LogP contribution in [0.25, 0.3) is 0 Å². The first kappa shape index (κ1) is 17.3. The predicted molar refractivity (Wildman–Crippen MR) is 90.3 cm³/mol. The molecule has 1 atom stereocenters. The first-order chi connectivity index (χ1) is 11.4. The molecule has 1 aromatic rings. The van der Waals surface area contributed by atoms with E-state index in [-0.39, 0.29) is 12.6 Å². The number of aliphatic hydroxyl groups is 1. The summed E-state index contributed by atoms with van der Waals surface area (Å²) in [7, 11) is 1.53. The zero-order chi connectivity index (χ0) is 17.3. The Hall–Kier alpha value is -1.50. The molecule has 0 spiro atoms. The second kappa shape index (κ2) is 6.78. The molecule has 2 fully saturated rings. The van der Waals surface area contributed by atoms with Gasteiger partial charge >= 0.3 is 0 Å². The van der Waals surface area contributed by atoms with Crippen molar-refractivity contribution in [1.29, 1.82) is 0 Å². The van der Waals surface area contributed by atoms with Crippen molar-refractivity contribution >= 4 is 17.5 Å². The van der Waals surface area contributed by atoms with Crippen molar-refractivity contribution in [2.24, 2.45) is 5.73 Å². The Morgan fingerprint density at radius 2 is 2.25 bits per heavy atom. The van der Waals surface area contributed by atoms with E-state index in [1.807, 2.05) is 12.1 Å². The van der Waals surface area contributed by atoms with Crippen molar-refractivity contribution in [2.75, 3.05) is 20.3 Å². The van der Waals surface area contributed by atoms with Gasteiger partial charge in [-0.1, -0.05) is 11.6 Å². The van der Waals surface area contributed by atoms with Gasteiger partial charge in [-0.25, -0.2) is 0 Å². The number of likely N-dealkylation sites (tertiary alicyclic amines) is 1. The molecule has 1 saturated heterocycles. The maximum Gasteiger partial charge on any atom is 0.255 e. The molecule has 0 bridgehead atoms. The van der Waals surface area contributed by atoms with Gasteiger partial charge < -0.3 is 20.3 Å². The normalized spacial score (nSPS) is 22.4. The van der Waals surface area contributed by atoms with E-state index in [1.165, 1.54) is 7.11 Å². The van der Waals surface area contributed by atoms with E-state index in [4.69, 9.17) is 26.8 Å². The number of halogens is 1. The zero-order valence-corrected chi connectivity index (χ0v) is 14.5. The van der Waals surface area contributed by atoms with Gasteiger partial charge in [0, 0.05) is 12.6 Å². The first-order valence-corrected chi connectivity index (χ1v) is 8.55. The first-order valence-electron chi connectivity index (χ1n) is 8.17. The standard InChI is InChI=1S/C17H23ClN2O4/c1-23-13-8-11(7-12(18)16(13)24-10-15(19)21)9-20-6-2-3-14(20)17(22)4-5-17/h7-8,14,22H,2-6,9-10H2,1H3,(H2,19,21). The lowest BCUT2D eigenvalue weighted by molar-refractivity contribution is -0.119. The van der Waals surface area contributed by atoms with Crippen LogP contribution in [-0.4, -0.2) is 47.8 Å². The molecule has 1 aromatic carbocycles. The zero-order valence-electron chi connectivity index (χ0n) is 13.8. The number of hydrogen-bond donors (Lipinski definition) is 2. The molecule has 7 heteroatoms. The van der Waals surface area contributed by atoms with E-state index in [0.29, 0.717) is 23.1 Å². The monoisotopic (exact) mass is 354 g/mol. The minimum atomic E-state index is -0.574. The predicted octanol–water partition coefficient (Wildman–Crippen LogP) is 1.70. The fraction of sp³-hybridized carbons (Fsp3) is 0.588. The lowest BCUT2D eigenvalue weighted by Crippen LogP contribution is -2.40. The highest BCUT2D eigenvalue weighted by Crippen LogP contribution is 2.45. The number of carbonyl (C=O) groups is 1. The van der Waals surface area contributed by atoms with Crippen LogP contribution in [0.15, 0.2) is 12.1 Å². The highest BCUT2D eigenvalue weighted by Gasteiger charge is 2.51. The molecule has 0 radical (unpaired) electrons. The molecule has 3 N–H and O–H groups in total. The second-order valence-electron chi connectivity index (χ2n) is 6.60. The molecule has 3 rings (SSSR count). The van der Waals surface area contributed by atoms with Crippen LogP contribution in [0.3, 0.4) is 0 Å². The van der Waals surface area contributed by atoms with Crippen LogP contribution < -0.4 is 15.2 Å². The summed E-state index contributed by atoms with van der Waals surface area (Å²) < 4.78 is 10.7. The molecule has 6 nitrogen and oxygen atoms in total. The number of nitrogens with zero attached hydrogens (tertiary/aromatic N) is 1. The van der Waals surface area contributed by atoms with Crippen molar-refractivity contribution < 1.29 is 19.4 Å². The van der Waals surface area contributed by atoms with E-state index in [2.05, 4.69) is 4.90 Å². The fourth-order valence-electron chi connectivity index (χ4n) is 3.47. The molecule has 24 heavy (non-hydrogen) atoms. The van der Waals surface area contributed by atoms with Crippen LogP contribution in [0, 0.1) is 0 Å². The Kier molecular flexibility index (Phi) is 4.90. The number of methoxy groups -OCH3 is 1. The lowest BCUT2D eigenvalue weighted by Gasteiger charge is -2.29. The third kappa shape index (κ3) is 3.61. The molecule has 1 heterocycles. The van der Waals surface area contributed by atoms with Crippen molar-refractivity contribution in [3.05, 3.63) is 22.7 Å². The lowest BCUT2D eigenvalue weighted by atomic mass is 10.1. The minimum absolute atomic E-state index is 0.216. The highest BCUT2D eigenvalue weighted by atomic mass is 35.5. The Morgan fingerprint density at radius 3 is 2.88 bits per heavy atom. The van der Waals surface area contributed by atoms with Gasteiger partial charge in [-0.2, -0.15) is 0 Å². The number of amides is 1. The van der Waals surface area contributed by atoms with Crippen LogP contribution in [0.1, 0.15) is 31.2 Å². The van der Waals surface area contributed by atoms with Gasteiger partial charge in [-0.3, -0.25) is 9.69 Å².